The fraction of sp³-hybridized carbons (Fsp3) is 0.900. The highest BCUT2D eigenvalue weighted by Gasteiger charge is 2.36. The summed E-state index contributed by atoms with van der Waals surface area (Å²) in [4.78, 5) is 11.1. The van der Waals surface area contributed by atoms with Crippen LogP contribution in [0.3, 0.4) is 0 Å². The van der Waals surface area contributed by atoms with Crippen molar-refractivity contribution in [2.75, 3.05) is 37.5 Å². The van der Waals surface area contributed by atoms with Crippen LogP contribution in [0.5, 0.6) is 0 Å². The second kappa shape index (κ2) is 6.72. The summed E-state index contributed by atoms with van der Waals surface area (Å²) >= 11 is 0. The van der Waals surface area contributed by atoms with Crippen molar-refractivity contribution in [2.45, 2.75) is 19.4 Å². The zero-order valence-corrected chi connectivity index (χ0v) is 13.2. The predicted octanol–water partition coefficient (Wildman–Crippen LogP) is -0.819. The van der Waals surface area contributed by atoms with Gasteiger partial charge in [-0.3, -0.25) is 0 Å². The molecule has 0 bridgehead atoms. The number of alkyl carbamates (subject to hydrolysis) is 1. The molecule has 1 saturated heterocycles. The van der Waals surface area contributed by atoms with Crippen molar-refractivity contribution in [2.24, 2.45) is 0 Å². The Morgan fingerprint density at radius 3 is 2.55 bits per heavy atom. The summed E-state index contributed by atoms with van der Waals surface area (Å²) in [5.41, 5.74) is 0. The summed E-state index contributed by atoms with van der Waals surface area (Å²) in [5.74, 6) is -0.172. The van der Waals surface area contributed by atoms with E-state index < -0.39 is 32.0 Å². The van der Waals surface area contributed by atoms with E-state index in [1.54, 1.807) is 6.92 Å². The Morgan fingerprint density at radius 2 is 2.10 bits per heavy atom. The third-order valence-corrected chi connectivity index (χ3v) is 6.00. The number of rotatable bonds is 6. The van der Waals surface area contributed by atoms with Crippen molar-refractivity contribution < 1.29 is 26.4 Å². The van der Waals surface area contributed by atoms with Crippen LogP contribution < -0.4 is 5.32 Å². The standard InChI is InChI=1S/C10H20N2O6S2/c1-3-18-10(13)11-5-6-12(19(2,14)15)9-4-7-20(16,17)8-9/h9H,3-8H2,1-2H3,(H,11,13). The molecule has 1 amide bonds. The molecule has 0 radical (unpaired) electrons. The van der Waals surface area contributed by atoms with Gasteiger partial charge in [-0.1, -0.05) is 0 Å². The lowest BCUT2D eigenvalue weighted by Gasteiger charge is -2.25. The molecule has 0 spiro atoms. The van der Waals surface area contributed by atoms with Gasteiger partial charge in [0.05, 0.1) is 24.4 Å². The number of carbonyl (C=O) groups excluding carboxylic acids is 1. The molecule has 20 heavy (non-hydrogen) atoms. The molecule has 10 heteroatoms. The Hall–Kier alpha value is -0.870. The molecule has 118 valence electrons. The van der Waals surface area contributed by atoms with E-state index in [0.29, 0.717) is 0 Å². The van der Waals surface area contributed by atoms with E-state index in [0.717, 1.165) is 10.6 Å². The van der Waals surface area contributed by atoms with Gasteiger partial charge in [-0.25, -0.2) is 21.6 Å². The van der Waals surface area contributed by atoms with Crippen molar-refractivity contribution in [3.8, 4) is 0 Å². The van der Waals surface area contributed by atoms with E-state index in [1.165, 1.54) is 0 Å². The van der Waals surface area contributed by atoms with E-state index in [1.807, 2.05) is 0 Å². The zero-order chi connectivity index (χ0) is 15.4. The maximum atomic E-state index is 11.7. The highest BCUT2D eigenvalue weighted by Crippen LogP contribution is 2.19. The summed E-state index contributed by atoms with van der Waals surface area (Å²) in [7, 11) is -6.70. The van der Waals surface area contributed by atoms with Crippen molar-refractivity contribution in [1.82, 2.24) is 9.62 Å². The van der Waals surface area contributed by atoms with Crippen LogP contribution in [0.1, 0.15) is 13.3 Å². The van der Waals surface area contributed by atoms with Crippen molar-refractivity contribution in [3.05, 3.63) is 0 Å². The third-order valence-electron chi connectivity index (χ3n) is 2.92. The molecule has 1 heterocycles. The van der Waals surface area contributed by atoms with Gasteiger partial charge >= 0.3 is 6.09 Å². The molecule has 1 unspecified atom stereocenters. The smallest absolute Gasteiger partial charge is 0.407 e. The van der Waals surface area contributed by atoms with Gasteiger partial charge in [0, 0.05) is 19.1 Å². The van der Waals surface area contributed by atoms with Gasteiger partial charge in [0.1, 0.15) is 0 Å². The fourth-order valence-electron chi connectivity index (χ4n) is 2.07. The minimum Gasteiger partial charge on any atom is -0.450 e. The number of nitrogens with zero attached hydrogens (tertiary/aromatic N) is 1. The van der Waals surface area contributed by atoms with Crippen LogP contribution in [0.15, 0.2) is 0 Å². The average Bonchev–Trinajstić information content (AvgIpc) is 2.63. The van der Waals surface area contributed by atoms with E-state index in [9.17, 15) is 21.6 Å². The Morgan fingerprint density at radius 1 is 1.45 bits per heavy atom. The molecule has 8 nitrogen and oxygen atoms in total. The largest absolute Gasteiger partial charge is 0.450 e. The van der Waals surface area contributed by atoms with Gasteiger partial charge in [-0.2, -0.15) is 4.31 Å². The molecule has 0 aromatic heterocycles. The molecular weight excluding hydrogens is 308 g/mol. The lowest BCUT2D eigenvalue weighted by Crippen LogP contribution is -2.44. The molecular formula is C10H20N2O6S2. The number of amides is 1. The van der Waals surface area contributed by atoms with E-state index in [4.69, 9.17) is 0 Å². The second-order valence-electron chi connectivity index (χ2n) is 4.58. The monoisotopic (exact) mass is 328 g/mol. The van der Waals surface area contributed by atoms with Crippen LogP contribution in [0, 0.1) is 0 Å². The minimum absolute atomic E-state index is 0.00497. The maximum absolute atomic E-state index is 11.7. The molecule has 0 aliphatic carbocycles. The first kappa shape index (κ1) is 17.2. The number of ether oxygens (including phenoxy) is 1. The molecule has 1 N–H and O–H groups in total. The second-order valence-corrected chi connectivity index (χ2v) is 8.74. The predicted molar refractivity (Wildman–Crippen MR) is 73.6 cm³/mol. The number of carbonyl (C=O) groups is 1. The number of sulfonamides is 1. The van der Waals surface area contributed by atoms with E-state index >= 15 is 0 Å². The van der Waals surface area contributed by atoms with Gasteiger partial charge in [-0.05, 0) is 13.3 Å². The zero-order valence-electron chi connectivity index (χ0n) is 11.5. The van der Waals surface area contributed by atoms with Gasteiger partial charge in [0.15, 0.2) is 9.84 Å². The molecule has 1 fully saturated rings. The van der Waals surface area contributed by atoms with Gasteiger partial charge in [0.2, 0.25) is 10.0 Å². The van der Waals surface area contributed by atoms with Gasteiger partial charge in [-0.15, -0.1) is 0 Å². The normalized spacial score (nSPS) is 21.9. The van der Waals surface area contributed by atoms with E-state index in [-0.39, 0.29) is 37.6 Å². The summed E-state index contributed by atoms with van der Waals surface area (Å²) < 4.78 is 52.1. The molecule has 0 saturated carbocycles. The lowest BCUT2D eigenvalue weighted by molar-refractivity contribution is 0.151. The molecule has 1 aliphatic heterocycles. The lowest BCUT2D eigenvalue weighted by atomic mass is 10.2. The van der Waals surface area contributed by atoms with E-state index in [2.05, 4.69) is 10.1 Å². The van der Waals surface area contributed by atoms with Crippen LogP contribution in [0.4, 0.5) is 4.79 Å². The number of nitrogens with one attached hydrogen (secondary N) is 1. The Bertz CT molecular complexity index is 542. The van der Waals surface area contributed by atoms with Crippen LogP contribution in [-0.4, -0.2) is 70.7 Å². The molecule has 0 aromatic carbocycles. The SMILES string of the molecule is CCOC(=O)NCCN(C1CCS(=O)(=O)C1)S(C)(=O)=O. The third kappa shape index (κ3) is 5.25. The summed E-state index contributed by atoms with van der Waals surface area (Å²) in [5, 5.41) is 2.41. The number of hydrogen-bond acceptors (Lipinski definition) is 6. The highest BCUT2D eigenvalue weighted by atomic mass is 32.2. The fourth-order valence-corrected chi connectivity index (χ4v) is 5.04. The van der Waals surface area contributed by atoms with Crippen molar-refractivity contribution in [1.29, 1.82) is 0 Å². The first-order chi connectivity index (χ1) is 9.15. The first-order valence-corrected chi connectivity index (χ1v) is 9.90. The number of sulfone groups is 1. The topological polar surface area (TPSA) is 110 Å². The molecule has 0 aromatic rings. The van der Waals surface area contributed by atoms with Crippen molar-refractivity contribution >= 4 is 26.0 Å². The van der Waals surface area contributed by atoms with Crippen LogP contribution in [-0.2, 0) is 24.6 Å². The molecule has 1 aliphatic rings. The maximum Gasteiger partial charge on any atom is 0.407 e. The van der Waals surface area contributed by atoms with Crippen molar-refractivity contribution in [3.63, 3.8) is 0 Å². The van der Waals surface area contributed by atoms with Crippen LogP contribution >= 0.6 is 0 Å². The summed E-state index contributed by atoms with van der Waals surface area (Å²) in [6.07, 6.45) is 0.692. The van der Waals surface area contributed by atoms with Gasteiger partial charge < -0.3 is 10.1 Å². The quantitative estimate of drug-likeness (QED) is 0.682. The van der Waals surface area contributed by atoms with Crippen LogP contribution in [0.2, 0.25) is 0 Å². The Kier molecular flexibility index (Phi) is 5.78. The summed E-state index contributed by atoms with van der Waals surface area (Å²) in [6, 6.07) is -0.556. The van der Waals surface area contributed by atoms with Crippen LogP contribution in [0.25, 0.3) is 0 Å². The Labute approximate surface area is 119 Å². The molecule has 1 atom stereocenters. The summed E-state index contributed by atoms with van der Waals surface area (Å²) in [6.45, 7) is 1.98. The Balaban J connectivity index is 2.61. The molecule has 1 rings (SSSR count). The van der Waals surface area contributed by atoms with Gasteiger partial charge in [0.25, 0.3) is 0 Å². The highest BCUT2D eigenvalue weighted by molar-refractivity contribution is 7.92. The minimum atomic E-state index is -3.53. The first-order valence-electron chi connectivity index (χ1n) is 6.23. The average molecular weight is 328 g/mol. The number of hydrogen-bond donors (Lipinski definition) is 1.